The smallest absolute Gasteiger partial charge is 0.000728 e. The lowest BCUT2D eigenvalue weighted by Crippen LogP contribution is -2.12. The molecule has 0 heteroatoms. The minimum Gasteiger partial charge on any atom is -0.0616 e. The van der Waals surface area contributed by atoms with Gasteiger partial charge in [0.2, 0.25) is 0 Å². The number of fused-ring (bicyclic) bond motifs is 4. The Kier molecular flexibility index (Phi) is 4.42. The standard InChI is InChI=1S/C31H32/c1-30(2,3)24-14-13-23-16-28-27(22-12-11-20-9-7-8-10-21(20)15-22)18-25(31(4,5)6)19-29(28)26(23)17-24/h7-15,17-19H,16H2,1-6H3. The largest absolute Gasteiger partial charge is 0.0616 e. The molecule has 0 saturated heterocycles. The first kappa shape index (κ1) is 20.1. The van der Waals surface area contributed by atoms with Gasteiger partial charge in [0.25, 0.3) is 0 Å². The summed E-state index contributed by atoms with van der Waals surface area (Å²) in [5, 5.41) is 2.61. The van der Waals surface area contributed by atoms with Crippen molar-refractivity contribution in [1.29, 1.82) is 0 Å². The number of hydrogen-bond donors (Lipinski definition) is 0. The fourth-order valence-corrected chi connectivity index (χ4v) is 4.79. The van der Waals surface area contributed by atoms with E-state index in [4.69, 9.17) is 0 Å². The third-order valence-corrected chi connectivity index (χ3v) is 6.81. The lowest BCUT2D eigenvalue weighted by atomic mass is 9.81. The van der Waals surface area contributed by atoms with Gasteiger partial charge in [-0.1, -0.05) is 108 Å². The van der Waals surface area contributed by atoms with Crippen molar-refractivity contribution in [2.75, 3.05) is 0 Å². The molecule has 5 rings (SSSR count). The van der Waals surface area contributed by atoms with Crippen LogP contribution in [0.25, 0.3) is 33.0 Å². The van der Waals surface area contributed by atoms with Gasteiger partial charge in [0, 0.05) is 0 Å². The predicted octanol–water partition coefficient (Wildman–Crippen LogP) is 8.67. The Labute approximate surface area is 187 Å². The van der Waals surface area contributed by atoms with Crippen LogP contribution in [-0.4, -0.2) is 0 Å². The van der Waals surface area contributed by atoms with Crippen molar-refractivity contribution in [2.45, 2.75) is 58.8 Å². The molecule has 0 amide bonds. The second-order valence-electron chi connectivity index (χ2n) is 11.2. The molecule has 0 aliphatic heterocycles. The molecule has 0 N–H and O–H groups in total. The van der Waals surface area contributed by atoms with Crippen LogP contribution in [0.5, 0.6) is 0 Å². The summed E-state index contributed by atoms with van der Waals surface area (Å²) in [6, 6.07) is 27.6. The fourth-order valence-electron chi connectivity index (χ4n) is 4.79. The van der Waals surface area contributed by atoms with Gasteiger partial charge in [0.1, 0.15) is 0 Å². The monoisotopic (exact) mass is 404 g/mol. The first-order chi connectivity index (χ1) is 14.6. The van der Waals surface area contributed by atoms with Crippen LogP contribution in [0.2, 0.25) is 0 Å². The van der Waals surface area contributed by atoms with Gasteiger partial charge in [-0.2, -0.15) is 0 Å². The van der Waals surface area contributed by atoms with Crippen LogP contribution in [0.4, 0.5) is 0 Å². The summed E-state index contributed by atoms with van der Waals surface area (Å²) in [5.41, 5.74) is 11.6. The number of hydrogen-bond acceptors (Lipinski definition) is 0. The van der Waals surface area contributed by atoms with Crippen LogP contribution in [-0.2, 0) is 17.3 Å². The minimum absolute atomic E-state index is 0.102. The van der Waals surface area contributed by atoms with Crippen LogP contribution in [0.15, 0.2) is 72.8 Å². The second-order valence-corrected chi connectivity index (χ2v) is 11.2. The van der Waals surface area contributed by atoms with E-state index in [0.29, 0.717) is 0 Å². The van der Waals surface area contributed by atoms with E-state index in [-0.39, 0.29) is 10.8 Å². The van der Waals surface area contributed by atoms with Gasteiger partial charge in [-0.3, -0.25) is 0 Å². The summed E-state index contributed by atoms with van der Waals surface area (Å²) in [6.07, 6.45) is 1.02. The number of benzene rings is 4. The summed E-state index contributed by atoms with van der Waals surface area (Å²) in [7, 11) is 0. The van der Waals surface area contributed by atoms with Gasteiger partial charge >= 0.3 is 0 Å². The van der Waals surface area contributed by atoms with E-state index in [1.165, 1.54) is 55.3 Å². The molecule has 0 fully saturated rings. The van der Waals surface area contributed by atoms with Crippen LogP contribution < -0.4 is 0 Å². The average molecular weight is 405 g/mol. The zero-order valence-electron chi connectivity index (χ0n) is 19.6. The SMILES string of the molecule is CC(C)(C)c1ccc2c(c1)-c1cc(C(C)(C)C)cc(-c3ccc4ccccc4c3)c1C2. The summed E-state index contributed by atoms with van der Waals surface area (Å²) in [4.78, 5) is 0. The van der Waals surface area contributed by atoms with Crippen LogP contribution in [0.3, 0.4) is 0 Å². The molecule has 4 aromatic rings. The Morgan fingerprint density at radius 3 is 1.90 bits per heavy atom. The van der Waals surface area contributed by atoms with E-state index in [1.807, 2.05) is 0 Å². The van der Waals surface area contributed by atoms with Gasteiger partial charge in [-0.15, -0.1) is 0 Å². The number of rotatable bonds is 1. The maximum atomic E-state index is 2.46. The van der Waals surface area contributed by atoms with E-state index in [2.05, 4.69) is 114 Å². The van der Waals surface area contributed by atoms with Crippen molar-refractivity contribution in [2.24, 2.45) is 0 Å². The Bertz CT molecular complexity index is 1310. The quantitative estimate of drug-likeness (QED) is 0.262. The third-order valence-electron chi connectivity index (χ3n) is 6.81. The molecule has 0 aromatic heterocycles. The topological polar surface area (TPSA) is 0 Å². The molecular formula is C31H32. The van der Waals surface area contributed by atoms with Crippen LogP contribution in [0.1, 0.15) is 63.8 Å². The molecule has 0 atom stereocenters. The minimum atomic E-state index is 0.102. The maximum Gasteiger partial charge on any atom is -0.000728 e. The van der Waals surface area contributed by atoms with E-state index in [1.54, 1.807) is 0 Å². The normalized spacial score (nSPS) is 13.4. The maximum absolute atomic E-state index is 2.46. The van der Waals surface area contributed by atoms with Crippen molar-refractivity contribution >= 4 is 10.8 Å². The average Bonchev–Trinajstić information content (AvgIpc) is 3.09. The molecule has 0 unspecified atom stereocenters. The third kappa shape index (κ3) is 3.49. The molecule has 0 spiro atoms. The van der Waals surface area contributed by atoms with Crippen molar-refractivity contribution < 1.29 is 0 Å². The lowest BCUT2D eigenvalue weighted by Gasteiger charge is -2.23. The Morgan fingerprint density at radius 1 is 0.548 bits per heavy atom. The Hall–Kier alpha value is -2.86. The highest BCUT2D eigenvalue weighted by Gasteiger charge is 2.27. The molecular weight excluding hydrogens is 372 g/mol. The van der Waals surface area contributed by atoms with Gasteiger partial charge in [0.05, 0.1) is 0 Å². The van der Waals surface area contributed by atoms with Gasteiger partial charge in [-0.05, 0) is 78.6 Å². The molecule has 0 radical (unpaired) electrons. The highest BCUT2D eigenvalue weighted by atomic mass is 14.3. The molecule has 1 aliphatic rings. The van der Waals surface area contributed by atoms with E-state index in [9.17, 15) is 0 Å². The molecule has 1 aliphatic carbocycles. The van der Waals surface area contributed by atoms with Gasteiger partial charge < -0.3 is 0 Å². The Morgan fingerprint density at radius 2 is 1.19 bits per heavy atom. The molecule has 0 bridgehead atoms. The summed E-state index contributed by atoms with van der Waals surface area (Å²) in [5.74, 6) is 0. The first-order valence-corrected chi connectivity index (χ1v) is 11.4. The molecule has 4 aromatic carbocycles. The zero-order valence-corrected chi connectivity index (χ0v) is 19.6. The van der Waals surface area contributed by atoms with E-state index in [0.717, 1.165) is 6.42 Å². The van der Waals surface area contributed by atoms with Gasteiger partial charge in [-0.25, -0.2) is 0 Å². The Balaban J connectivity index is 1.76. The highest BCUT2D eigenvalue weighted by molar-refractivity contribution is 5.91. The van der Waals surface area contributed by atoms with Gasteiger partial charge in [0.15, 0.2) is 0 Å². The summed E-state index contributed by atoms with van der Waals surface area (Å²) in [6.45, 7) is 13.9. The van der Waals surface area contributed by atoms with E-state index >= 15 is 0 Å². The van der Waals surface area contributed by atoms with Crippen molar-refractivity contribution in [3.05, 3.63) is 95.1 Å². The van der Waals surface area contributed by atoms with Crippen molar-refractivity contribution in [3.8, 4) is 22.3 Å². The van der Waals surface area contributed by atoms with Crippen LogP contribution in [0, 0.1) is 0 Å². The lowest BCUT2D eigenvalue weighted by molar-refractivity contribution is 0.589. The second kappa shape index (κ2) is 6.82. The molecule has 31 heavy (non-hydrogen) atoms. The summed E-state index contributed by atoms with van der Waals surface area (Å²) < 4.78 is 0. The molecule has 0 heterocycles. The zero-order chi connectivity index (χ0) is 22.0. The summed E-state index contributed by atoms with van der Waals surface area (Å²) >= 11 is 0. The fraction of sp³-hybridized carbons (Fsp3) is 0.290. The van der Waals surface area contributed by atoms with Crippen molar-refractivity contribution in [3.63, 3.8) is 0 Å². The van der Waals surface area contributed by atoms with Crippen molar-refractivity contribution in [1.82, 2.24) is 0 Å². The van der Waals surface area contributed by atoms with E-state index < -0.39 is 0 Å². The first-order valence-electron chi connectivity index (χ1n) is 11.4. The van der Waals surface area contributed by atoms with Crippen LogP contribution >= 0.6 is 0 Å². The molecule has 156 valence electrons. The highest BCUT2D eigenvalue weighted by Crippen LogP contribution is 2.45. The molecule has 0 saturated carbocycles. The predicted molar refractivity (Wildman–Crippen MR) is 135 cm³/mol. The molecule has 0 nitrogen and oxygen atoms in total.